The summed E-state index contributed by atoms with van der Waals surface area (Å²) in [5.74, 6) is 1.20. The summed E-state index contributed by atoms with van der Waals surface area (Å²) >= 11 is 17.7. The molecule has 8 heteroatoms. The Hall–Kier alpha value is -2.67. The van der Waals surface area contributed by atoms with Crippen LogP contribution in [0.4, 0.5) is 0 Å². The maximum Gasteiger partial charge on any atom is 0.216 e. The molecule has 0 unspecified atom stereocenters. The molecular formula is C20H14Cl2N4OS. The van der Waals surface area contributed by atoms with E-state index in [1.54, 1.807) is 31.5 Å². The highest BCUT2D eigenvalue weighted by Crippen LogP contribution is 2.30. The minimum atomic E-state index is 0.344. The lowest BCUT2D eigenvalue weighted by atomic mass is 10.0. The standard InChI is InChI=1S/C20H14Cl2N4OS/c1-27-18-9-6-12-4-2-3-5-14(12)16(18)11-23-26-19(24-25-20(26)28)15-8-7-13(21)10-17(15)22/h2-11H,1H3,(H,25,28). The molecule has 0 spiro atoms. The summed E-state index contributed by atoms with van der Waals surface area (Å²) in [7, 11) is 1.63. The Kier molecular flexibility index (Phi) is 5.17. The van der Waals surface area contributed by atoms with E-state index in [0.29, 0.717) is 32.0 Å². The minimum Gasteiger partial charge on any atom is -0.496 e. The van der Waals surface area contributed by atoms with Crippen LogP contribution in [0.3, 0.4) is 0 Å². The van der Waals surface area contributed by atoms with Crippen LogP contribution in [-0.4, -0.2) is 28.2 Å². The number of aromatic nitrogens is 3. The van der Waals surface area contributed by atoms with Crippen LogP contribution in [-0.2, 0) is 0 Å². The van der Waals surface area contributed by atoms with Gasteiger partial charge in [0.1, 0.15) is 5.75 Å². The van der Waals surface area contributed by atoms with Gasteiger partial charge in [0.2, 0.25) is 4.77 Å². The van der Waals surface area contributed by atoms with Crippen LogP contribution in [0.25, 0.3) is 22.2 Å². The lowest BCUT2D eigenvalue weighted by Gasteiger charge is -2.09. The Bertz CT molecular complexity index is 1260. The quantitative estimate of drug-likeness (QED) is 0.322. The number of halogens is 2. The topological polar surface area (TPSA) is 55.2 Å². The fraction of sp³-hybridized carbons (Fsp3) is 0.0500. The zero-order valence-electron chi connectivity index (χ0n) is 14.7. The first-order valence-electron chi connectivity index (χ1n) is 8.31. The molecule has 1 aromatic heterocycles. The van der Waals surface area contributed by atoms with Crippen LogP contribution in [0.2, 0.25) is 10.0 Å². The predicted octanol–water partition coefficient (Wildman–Crippen LogP) is 5.96. The highest BCUT2D eigenvalue weighted by Gasteiger charge is 2.13. The molecule has 0 saturated heterocycles. The molecule has 3 aromatic carbocycles. The maximum atomic E-state index is 6.33. The summed E-state index contributed by atoms with van der Waals surface area (Å²) in [5, 5.41) is 14.7. The number of nitrogens with zero attached hydrogens (tertiary/aromatic N) is 3. The summed E-state index contributed by atoms with van der Waals surface area (Å²) in [6.45, 7) is 0. The van der Waals surface area contributed by atoms with Gasteiger partial charge in [-0.25, -0.2) is 5.10 Å². The molecule has 1 heterocycles. The van der Waals surface area contributed by atoms with E-state index >= 15 is 0 Å². The van der Waals surface area contributed by atoms with Crippen molar-refractivity contribution in [1.29, 1.82) is 0 Å². The average Bonchev–Trinajstić information content (AvgIpc) is 3.06. The fourth-order valence-electron chi connectivity index (χ4n) is 2.95. The first kappa shape index (κ1) is 18.7. The van der Waals surface area contributed by atoms with Crippen molar-refractivity contribution in [2.75, 3.05) is 7.11 Å². The molecule has 0 aliphatic heterocycles. The van der Waals surface area contributed by atoms with Crippen LogP contribution in [0, 0.1) is 4.77 Å². The Balaban J connectivity index is 1.85. The number of benzene rings is 3. The maximum absolute atomic E-state index is 6.33. The molecule has 0 fully saturated rings. The monoisotopic (exact) mass is 428 g/mol. The van der Waals surface area contributed by atoms with E-state index in [0.717, 1.165) is 16.3 Å². The van der Waals surface area contributed by atoms with E-state index in [9.17, 15) is 0 Å². The third kappa shape index (κ3) is 3.42. The van der Waals surface area contributed by atoms with Gasteiger partial charge in [-0.2, -0.15) is 14.9 Å². The van der Waals surface area contributed by atoms with Crippen molar-refractivity contribution in [3.63, 3.8) is 0 Å². The van der Waals surface area contributed by atoms with Crippen molar-refractivity contribution < 1.29 is 4.74 Å². The SMILES string of the molecule is COc1ccc2ccccc2c1C=Nn1c(-c2ccc(Cl)cc2Cl)n[nH]c1=S. The number of aromatic amines is 1. The summed E-state index contributed by atoms with van der Waals surface area (Å²) < 4.78 is 7.38. The van der Waals surface area contributed by atoms with E-state index in [-0.39, 0.29) is 0 Å². The predicted molar refractivity (Wildman–Crippen MR) is 116 cm³/mol. The average molecular weight is 429 g/mol. The Labute approximate surface area is 176 Å². The molecule has 0 amide bonds. The highest BCUT2D eigenvalue weighted by molar-refractivity contribution is 7.71. The van der Waals surface area contributed by atoms with Gasteiger partial charge in [-0.1, -0.05) is 53.5 Å². The van der Waals surface area contributed by atoms with E-state index in [4.69, 9.17) is 40.2 Å². The Morgan fingerprint density at radius 1 is 1.14 bits per heavy atom. The number of methoxy groups -OCH3 is 1. The molecule has 0 bridgehead atoms. The third-order valence-corrected chi connectivity index (χ3v) is 5.09. The van der Waals surface area contributed by atoms with Crippen LogP contribution < -0.4 is 4.74 Å². The Morgan fingerprint density at radius 2 is 1.96 bits per heavy atom. The molecule has 0 aliphatic rings. The summed E-state index contributed by atoms with van der Waals surface area (Å²) in [6, 6.07) is 17.1. The van der Waals surface area contributed by atoms with Crippen molar-refractivity contribution >= 4 is 52.4 Å². The smallest absolute Gasteiger partial charge is 0.216 e. The van der Waals surface area contributed by atoms with Gasteiger partial charge in [0.15, 0.2) is 5.82 Å². The Morgan fingerprint density at radius 3 is 2.75 bits per heavy atom. The van der Waals surface area contributed by atoms with Gasteiger partial charge in [0.25, 0.3) is 0 Å². The number of H-pyrrole nitrogens is 1. The van der Waals surface area contributed by atoms with Crippen molar-refractivity contribution in [3.05, 3.63) is 75.0 Å². The number of rotatable bonds is 4. The lowest BCUT2D eigenvalue weighted by molar-refractivity contribution is 0.415. The molecule has 4 aromatic rings. The van der Waals surface area contributed by atoms with Crippen LogP contribution >= 0.6 is 35.4 Å². The van der Waals surface area contributed by atoms with Gasteiger partial charge in [0.05, 0.1) is 18.3 Å². The van der Waals surface area contributed by atoms with Crippen LogP contribution in [0.1, 0.15) is 5.56 Å². The lowest BCUT2D eigenvalue weighted by Crippen LogP contribution is -1.98. The van der Waals surface area contributed by atoms with Gasteiger partial charge in [-0.05, 0) is 47.3 Å². The number of nitrogens with one attached hydrogen (secondary N) is 1. The minimum absolute atomic E-state index is 0.344. The van der Waals surface area contributed by atoms with Gasteiger partial charge in [0, 0.05) is 16.1 Å². The van der Waals surface area contributed by atoms with E-state index in [1.165, 1.54) is 4.68 Å². The highest BCUT2D eigenvalue weighted by atomic mass is 35.5. The second kappa shape index (κ2) is 7.75. The first-order chi connectivity index (χ1) is 13.6. The van der Waals surface area contributed by atoms with Crippen LogP contribution in [0.15, 0.2) is 59.7 Å². The van der Waals surface area contributed by atoms with E-state index in [2.05, 4.69) is 15.3 Å². The fourth-order valence-corrected chi connectivity index (χ4v) is 3.62. The van der Waals surface area contributed by atoms with Crippen molar-refractivity contribution in [2.24, 2.45) is 5.10 Å². The summed E-state index contributed by atoms with van der Waals surface area (Å²) in [5.41, 5.74) is 1.51. The van der Waals surface area contributed by atoms with Gasteiger partial charge in [-0.3, -0.25) is 0 Å². The van der Waals surface area contributed by atoms with Crippen molar-refractivity contribution in [3.8, 4) is 17.1 Å². The van der Waals surface area contributed by atoms with Crippen molar-refractivity contribution in [1.82, 2.24) is 14.9 Å². The molecule has 140 valence electrons. The van der Waals surface area contributed by atoms with Crippen LogP contribution in [0.5, 0.6) is 5.75 Å². The zero-order valence-corrected chi connectivity index (χ0v) is 17.0. The van der Waals surface area contributed by atoms with Gasteiger partial charge >= 0.3 is 0 Å². The molecule has 0 aliphatic carbocycles. The normalized spacial score (nSPS) is 11.4. The second-order valence-corrected chi connectivity index (χ2v) is 7.17. The molecule has 4 rings (SSSR count). The number of fused-ring (bicyclic) bond motifs is 1. The van der Waals surface area contributed by atoms with E-state index < -0.39 is 0 Å². The zero-order chi connectivity index (χ0) is 19.7. The summed E-state index contributed by atoms with van der Waals surface area (Å²) in [4.78, 5) is 0. The molecule has 0 radical (unpaired) electrons. The molecule has 1 N–H and O–H groups in total. The summed E-state index contributed by atoms with van der Waals surface area (Å²) in [6.07, 6.45) is 1.71. The third-order valence-electron chi connectivity index (χ3n) is 4.28. The molecule has 28 heavy (non-hydrogen) atoms. The van der Waals surface area contributed by atoms with Gasteiger partial charge < -0.3 is 4.74 Å². The first-order valence-corrected chi connectivity index (χ1v) is 9.48. The number of ether oxygens (including phenoxy) is 1. The second-order valence-electron chi connectivity index (χ2n) is 5.94. The molecule has 0 saturated carbocycles. The largest absolute Gasteiger partial charge is 0.496 e. The van der Waals surface area contributed by atoms with E-state index in [1.807, 2.05) is 36.4 Å². The van der Waals surface area contributed by atoms with Gasteiger partial charge in [-0.15, -0.1) is 0 Å². The molecular weight excluding hydrogens is 415 g/mol. The molecule has 5 nitrogen and oxygen atoms in total. The van der Waals surface area contributed by atoms with Crippen molar-refractivity contribution in [2.45, 2.75) is 0 Å². The number of hydrogen-bond acceptors (Lipinski definition) is 4. The number of hydrogen-bond donors (Lipinski definition) is 1. The molecule has 0 atom stereocenters.